The van der Waals surface area contributed by atoms with E-state index in [0.29, 0.717) is 0 Å². The molecule has 0 unspecified atom stereocenters. The first kappa shape index (κ1) is 16.1. The largest absolute Gasteiger partial charge is 0.573 e. The zero-order valence-corrected chi connectivity index (χ0v) is 11.0. The van der Waals surface area contributed by atoms with Crippen LogP contribution in [-0.2, 0) is 10.6 Å². The summed E-state index contributed by atoms with van der Waals surface area (Å²) in [6, 6.07) is 3.49. The molecule has 0 amide bonds. The molecular formula is C12H9ClF3NO3. The summed E-state index contributed by atoms with van der Waals surface area (Å²) in [5.74, 6) is -1.79. The zero-order chi connectivity index (χ0) is 15.3. The van der Waals surface area contributed by atoms with Gasteiger partial charge < -0.3 is 9.47 Å². The summed E-state index contributed by atoms with van der Waals surface area (Å²) in [4.78, 5) is 11.7. The molecule has 108 valence electrons. The van der Waals surface area contributed by atoms with Crippen molar-refractivity contribution in [3.63, 3.8) is 0 Å². The van der Waals surface area contributed by atoms with Crippen molar-refractivity contribution >= 4 is 17.6 Å². The first-order valence-corrected chi connectivity index (χ1v) is 5.91. The molecule has 0 heterocycles. The summed E-state index contributed by atoms with van der Waals surface area (Å²) in [5.41, 5.74) is -0.390. The summed E-state index contributed by atoms with van der Waals surface area (Å²) >= 11 is 5.57. The lowest BCUT2D eigenvalue weighted by atomic mass is 10.0. The average molecular weight is 308 g/mol. The van der Waals surface area contributed by atoms with Gasteiger partial charge in [0.2, 0.25) is 0 Å². The van der Waals surface area contributed by atoms with Crippen molar-refractivity contribution < 1.29 is 27.4 Å². The smallest absolute Gasteiger partial charge is 0.462 e. The number of carbonyl (C=O) groups is 1. The number of benzene rings is 1. The molecule has 0 spiro atoms. The molecule has 0 saturated heterocycles. The molecule has 0 aliphatic rings. The maximum absolute atomic E-state index is 12.2. The van der Waals surface area contributed by atoms with Gasteiger partial charge in [-0.15, -0.1) is 24.8 Å². The van der Waals surface area contributed by atoms with Gasteiger partial charge in [-0.1, -0.05) is 0 Å². The molecule has 0 fully saturated rings. The van der Waals surface area contributed by atoms with Gasteiger partial charge in [-0.25, -0.2) is 4.79 Å². The van der Waals surface area contributed by atoms with E-state index in [2.05, 4.69) is 9.47 Å². The van der Waals surface area contributed by atoms with Crippen molar-refractivity contribution in [1.82, 2.24) is 0 Å². The van der Waals surface area contributed by atoms with E-state index in [1.54, 1.807) is 6.07 Å². The quantitative estimate of drug-likeness (QED) is 0.632. The van der Waals surface area contributed by atoms with Crippen molar-refractivity contribution in [3.8, 4) is 11.8 Å². The summed E-state index contributed by atoms with van der Waals surface area (Å²) in [7, 11) is 0. The van der Waals surface area contributed by atoms with Crippen LogP contribution in [0.1, 0.15) is 28.4 Å². The summed E-state index contributed by atoms with van der Waals surface area (Å²) in [5, 5.41) is 8.99. The molecular weight excluding hydrogens is 299 g/mol. The van der Waals surface area contributed by atoms with Crippen LogP contribution in [0.2, 0.25) is 0 Å². The predicted molar refractivity (Wildman–Crippen MR) is 63.4 cm³/mol. The minimum absolute atomic E-state index is 0.0181. The van der Waals surface area contributed by atoms with Gasteiger partial charge in [0, 0.05) is 5.88 Å². The maximum atomic E-state index is 12.2. The van der Waals surface area contributed by atoms with Crippen LogP contribution in [0.3, 0.4) is 0 Å². The highest BCUT2D eigenvalue weighted by Gasteiger charge is 2.32. The predicted octanol–water partition coefficient (Wildman–Crippen LogP) is 3.37. The Hall–Kier alpha value is -1.94. The van der Waals surface area contributed by atoms with E-state index in [-0.39, 0.29) is 29.2 Å². The van der Waals surface area contributed by atoms with Crippen LogP contribution in [-0.4, -0.2) is 18.9 Å². The van der Waals surface area contributed by atoms with E-state index < -0.39 is 18.1 Å². The van der Waals surface area contributed by atoms with Crippen LogP contribution in [0, 0.1) is 11.3 Å². The second-order valence-electron chi connectivity index (χ2n) is 3.52. The number of ether oxygens (including phenoxy) is 2. The van der Waals surface area contributed by atoms with Gasteiger partial charge in [-0.05, 0) is 24.6 Å². The average Bonchev–Trinajstić information content (AvgIpc) is 2.35. The van der Waals surface area contributed by atoms with E-state index in [1.807, 2.05) is 0 Å². The number of nitrogens with zero attached hydrogens (tertiary/aromatic N) is 1. The van der Waals surface area contributed by atoms with Crippen LogP contribution in [0.25, 0.3) is 0 Å². The van der Waals surface area contributed by atoms with Gasteiger partial charge in [-0.3, -0.25) is 0 Å². The van der Waals surface area contributed by atoms with Gasteiger partial charge in [0.1, 0.15) is 11.8 Å². The highest BCUT2D eigenvalue weighted by atomic mass is 35.5. The molecule has 0 atom stereocenters. The van der Waals surface area contributed by atoms with Gasteiger partial charge in [0.15, 0.2) is 0 Å². The summed E-state index contributed by atoms with van der Waals surface area (Å²) < 4.78 is 45.0. The van der Waals surface area contributed by atoms with Crippen molar-refractivity contribution in [2.75, 3.05) is 6.61 Å². The molecule has 0 bridgehead atoms. The highest BCUT2D eigenvalue weighted by Crippen LogP contribution is 2.29. The van der Waals surface area contributed by atoms with Crippen molar-refractivity contribution in [2.45, 2.75) is 19.2 Å². The van der Waals surface area contributed by atoms with Gasteiger partial charge in [-0.2, -0.15) is 5.26 Å². The lowest BCUT2D eigenvalue weighted by Crippen LogP contribution is -2.18. The molecule has 1 rings (SSSR count). The van der Waals surface area contributed by atoms with Crippen LogP contribution >= 0.6 is 11.6 Å². The Morgan fingerprint density at radius 3 is 2.55 bits per heavy atom. The number of halogens is 4. The van der Waals surface area contributed by atoms with Crippen molar-refractivity contribution in [2.24, 2.45) is 0 Å². The molecule has 8 heteroatoms. The fourth-order valence-electron chi connectivity index (χ4n) is 1.47. The van der Waals surface area contributed by atoms with E-state index in [9.17, 15) is 18.0 Å². The lowest BCUT2D eigenvalue weighted by Gasteiger charge is -2.13. The number of alkyl halides is 4. The number of rotatable bonds is 4. The third-order valence-corrected chi connectivity index (χ3v) is 2.47. The molecule has 1 aromatic rings. The Kier molecular flexibility index (Phi) is 5.22. The van der Waals surface area contributed by atoms with Crippen molar-refractivity contribution in [1.29, 1.82) is 5.26 Å². The van der Waals surface area contributed by atoms with E-state index in [4.69, 9.17) is 16.9 Å². The summed E-state index contributed by atoms with van der Waals surface area (Å²) in [6.07, 6.45) is -4.91. The highest BCUT2D eigenvalue weighted by molar-refractivity contribution is 6.17. The molecule has 0 N–H and O–H groups in total. The van der Waals surface area contributed by atoms with Gasteiger partial charge in [0.25, 0.3) is 0 Å². The van der Waals surface area contributed by atoms with E-state index >= 15 is 0 Å². The monoisotopic (exact) mass is 307 g/mol. The standard InChI is InChI=1S/C12H9ClF3NO3/c1-2-19-11(18)9-4-8(20-12(14,15)16)3-7(5-13)10(9)6-17/h3-4H,2,5H2,1H3. The number of esters is 1. The lowest BCUT2D eigenvalue weighted by molar-refractivity contribution is -0.274. The van der Waals surface area contributed by atoms with E-state index in [1.165, 1.54) is 6.92 Å². The van der Waals surface area contributed by atoms with Crippen LogP contribution in [0.4, 0.5) is 13.2 Å². The van der Waals surface area contributed by atoms with E-state index in [0.717, 1.165) is 12.1 Å². The third kappa shape index (κ3) is 4.03. The summed E-state index contributed by atoms with van der Waals surface area (Å²) in [6.45, 7) is 1.55. The Morgan fingerprint density at radius 1 is 1.45 bits per heavy atom. The molecule has 0 aliphatic heterocycles. The first-order valence-electron chi connectivity index (χ1n) is 5.38. The molecule has 0 saturated carbocycles. The normalized spacial score (nSPS) is 10.8. The number of carbonyl (C=O) groups excluding carboxylic acids is 1. The van der Waals surface area contributed by atoms with Crippen molar-refractivity contribution in [3.05, 3.63) is 28.8 Å². The number of nitriles is 1. The second kappa shape index (κ2) is 6.48. The molecule has 20 heavy (non-hydrogen) atoms. The Morgan fingerprint density at radius 2 is 2.10 bits per heavy atom. The molecule has 0 radical (unpaired) electrons. The van der Waals surface area contributed by atoms with Crippen LogP contribution < -0.4 is 4.74 Å². The number of hydrogen-bond acceptors (Lipinski definition) is 4. The fraction of sp³-hybridized carbons (Fsp3) is 0.333. The zero-order valence-electron chi connectivity index (χ0n) is 10.3. The second-order valence-corrected chi connectivity index (χ2v) is 3.79. The third-order valence-electron chi connectivity index (χ3n) is 2.18. The topological polar surface area (TPSA) is 59.3 Å². The minimum atomic E-state index is -4.91. The van der Waals surface area contributed by atoms with Crippen LogP contribution in [0.15, 0.2) is 12.1 Å². The van der Waals surface area contributed by atoms with Gasteiger partial charge >= 0.3 is 12.3 Å². The Bertz CT molecular complexity index is 552. The molecule has 0 aliphatic carbocycles. The fourth-order valence-corrected chi connectivity index (χ4v) is 1.68. The Balaban J connectivity index is 3.35. The minimum Gasteiger partial charge on any atom is -0.462 e. The van der Waals surface area contributed by atoms with Crippen LogP contribution in [0.5, 0.6) is 5.75 Å². The Labute approximate surface area is 117 Å². The van der Waals surface area contributed by atoms with Gasteiger partial charge in [0.05, 0.1) is 17.7 Å². The molecule has 1 aromatic carbocycles. The first-order chi connectivity index (χ1) is 9.32. The number of hydrogen-bond donors (Lipinski definition) is 0. The molecule has 0 aromatic heterocycles. The maximum Gasteiger partial charge on any atom is 0.573 e. The molecule has 4 nitrogen and oxygen atoms in total. The SMILES string of the molecule is CCOC(=O)c1cc(OC(F)(F)F)cc(CCl)c1C#N.